The van der Waals surface area contributed by atoms with Crippen LogP contribution in [0.15, 0.2) is 0 Å². The Kier molecular flexibility index (Phi) is 4.59. The zero-order chi connectivity index (χ0) is 15.6. The number of nitrogens with zero attached hydrogens (tertiary/aromatic N) is 4. The van der Waals surface area contributed by atoms with E-state index in [1.54, 1.807) is 0 Å². The molecule has 1 amide bonds. The van der Waals surface area contributed by atoms with E-state index in [2.05, 4.69) is 17.2 Å². The molecule has 0 aliphatic carbocycles. The molecule has 1 fully saturated rings. The molecule has 0 saturated carbocycles. The first-order chi connectivity index (χ1) is 9.90. The lowest BCUT2D eigenvalue weighted by atomic mass is 10.0. The Balaban J connectivity index is 2.15. The number of rotatable bonds is 4. The molecular formula is C14H22N4O3. The number of aromatic carboxylic acids is 1. The van der Waals surface area contributed by atoms with Crippen LogP contribution in [0.4, 0.5) is 0 Å². The molecule has 1 aromatic rings. The molecule has 7 heteroatoms. The van der Waals surface area contributed by atoms with Gasteiger partial charge in [0.1, 0.15) is 6.54 Å². The number of carbonyl (C=O) groups is 2. The van der Waals surface area contributed by atoms with Gasteiger partial charge in [-0.05, 0) is 24.7 Å². The fraction of sp³-hybridized carbons (Fsp3) is 0.714. The summed E-state index contributed by atoms with van der Waals surface area (Å²) in [5, 5.41) is 16.7. The van der Waals surface area contributed by atoms with Gasteiger partial charge in [0, 0.05) is 13.1 Å². The molecule has 21 heavy (non-hydrogen) atoms. The van der Waals surface area contributed by atoms with Gasteiger partial charge in [-0.2, -0.15) is 0 Å². The van der Waals surface area contributed by atoms with Crippen molar-refractivity contribution in [3.63, 3.8) is 0 Å². The highest BCUT2D eigenvalue weighted by Gasteiger charge is 2.25. The maximum atomic E-state index is 12.4. The van der Waals surface area contributed by atoms with Crippen molar-refractivity contribution >= 4 is 11.9 Å². The first-order valence-electron chi connectivity index (χ1n) is 7.34. The van der Waals surface area contributed by atoms with Gasteiger partial charge < -0.3 is 10.0 Å². The lowest BCUT2D eigenvalue weighted by molar-refractivity contribution is -0.133. The fourth-order valence-corrected chi connectivity index (χ4v) is 2.81. The van der Waals surface area contributed by atoms with Crippen LogP contribution in [-0.4, -0.2) is 50.0 Å². The molecule has 0 radical (unpaired) electrons. The van der Waals surface area contributed by atoms with Crippen LogP contribution in [0.25, 0.3) is 0 Å². The second kappa shape index (κ2) is 6.24. The van der Waals surface area contributed by atoms with Crippen molar-refractivity contribution in [2.24, 2.45) is 5.92 Å². The SMILES string of the molecule is CC1CCCN(C(=O)Cn2nnc(C(=O)O)c2C(C)C)C1. The van der Waals surface area contributed by atoms with E-state index in [-0.39, 0.29) is 24.1 Å². The fourth-order valence-electron chi connectivity index (χ4n) is 2.81. The van der Waals surface area contributed by atoms with E-state index in [0.717, 1.165) is 25.9 Å². The van der Waals surface area contributed by atoms with Crippen molar-refractivity contribution in [1.29, 1.82) is 0 Å². The number of carbonyl (C=O) groups excluding carboxylic acids is 1. The average molecular weight is 294 g/mol. The van der Waals surface area contributed by atoms with Gasteiger partial charge in [0.15, 0.2) is 5.69 Å². The molecule has 1 saturated heterocycles. The van der Waals surface area contributed by atoms with Gasteiger partial charge in [0.2, 0.25) is 5.91 Å². The molecule has 1 aromatic heterocycles. The zero-order valence-electron chi connectivity index (χ0n) is 12.7. The predicted molar refractivity (Wildman–Crippen MR) is 76.0 cm³/mol. The lowest BCUT2D eigenvalue weighted by Crippen LogP contribution is -2.41. The quantitative estimate of drug-likeness (QED) is 0.905. The van der Waals surface area contributed by atoms with E-state index < -0.39 is 5.97 Å². The van der Waals surface area contributed by atoms with Crippen molar-refractivity contribution in [2.75, 3.05) is 13.1 Å². The third kappa shape index (κ3) is 3.40. The summed E-state index contributed by atoms with van der Waals surface area (Å²) >= 11 is 0. The minimum Gasteiger partial charge on any atom is -0.476 e. The molecule has 0 spiro atoms. The van der Waals surface area contributed by atoms with Crippen LogP contribution in [0.3, 0.4) is 0 Å². The second-order valence-corrected chi connectivity index (χ2v) is 6.03. The smallest absolute Gasteiger partial charge is 0.358 e. The summed E-state index contributed by atoms with van der Waals surface area (Å²) in [7, 11) is 0. The van der Waals surface area contributed by atoms with Crippen molar-refractivity contribution in [2.45, 2.75) is 46.1 Å². The van der Waals surface area contributed by atoms with Gasteiger partial charge in [0.05, 0.1) is 5.69 Å². The third-order valence-electron chi connectivity index (χ3n) is 3.82. The van der Waals surface area contributed by atoms with Crippen LogP contribution in [0.1, 0.15) is 55.7 Å². The summed E-state index contributed by atoms with van der Waals surface area (Å²) in [5.74, 6) is -0.675. The van der Waals surface area contributed by atoms with Crippen molar-refractivity contribution in [3.8, 4) is 0 Å². The number of amides is 1. The van der Waals surface area contributed by atoms with Crippen LogP contribution < -0.4 is 0 Å². The molecule has 2 rings (SSSR count). The number of likely N-dealkylation sites (tertiary alicyclic amines) is 1. The predicted octanol–water partition coefficient (Wildman–Crippen LogP) is 1.36. The summed E-state index contributed by atoms with van der Waals surface area (Å²) in [5.41, 5.74) is 0.436. The Hall–Kier alpha value is -1.92. The van der Waals surface area contributed by atoms with Gasteiger partial charge in [-0.1, -0.05) is 26.0 Å². The summed E-state index contributed by atoms with van der Waals surface area (Å²) in [6.45, 7) is 7.46. The zero-order valence-corrected chi connectivity index (χ0v) is 12.7. The van der Waals surface area contributed by atoms with E-state index in [0.29, 0.717) is 11.6 Å². The maximum Gasteiger partial charge on any atom is 0.358 e. The number of hydrogen-bond donors (Lipinski definition) is 1. The van der Waals surface area contributed by atoms with Crippen molar-refractivity contribution in [1.82, 2.24) is 19.9 Å². The summed E-state index contributed by atoms with van der Waals surface area (Å²) < 4.78 is 1.43. The van der Waals surface area contributed by atoms with E-state index in [1.807, 2.05) is 18.7 Å². The Morgan fingerprint density at radius 3 is 2.71 bits per heavy atom. The van der Waals surface area contributed by atoms with E-state index in [9.17, 15) is 9.59 Å². The molecular weight excluding hydrogens is 272 g/mol. The minimum atomic E-state index is -1.11. The molecule has 1 aliphatic rings. The van der Waals surface area contributed by atoms with Gasteiger partial charge >= 0.3 is 5.97 Å². The Labute approximate surface area is 123 Å². The maximum absolute atomic E-state index is 12.4. The van der Waals surface area contributed by atoms with Gasteiger partial charge in [-0.3, -0.25) is 4.79 Å². The molecule has 2 heterocycles. The monoisotopic (exact) mass is 294 g/mol. The van der Waals surface area contributed by atoms with Gasteiger partial charge in [-0.15, -0.1) is 5.10 Å². The van der Waals surface area contributed by atoms with Crippen LogP contribution in [0.5, 0.6) is 0 Å². The molecule has 116 valence electrons. The largest absolute Gasteiger partial charge is 0.476 e. The number of piperidine rings is 1. The topological polar surface area (TPSA) is 88.3 Å². The highest BCUT2D eigenvalue weighted by molar-refractivity contribution is 5.87. The minimum absolute atomic E-state index is 0.0229. The lowest BCUT2D eigenvalue weighted by Gasteiger charge is -2.31. The summed E-state index contributed by atoms with van der Waals surface area (Å²) in [6.07, 6.45) is 2.16. The Bertz CT molecular complexity index is 538. The highest BCUT2D eigenvalue weighted by Crippen LogP contribution is 2.19. The van der Waals surface area contributed by atoms with Crippen molar-refractivity contribution < 1.29 is 14.7 Å². The molecule has 0 aromatic carbocycles. The highest BCUT2D eigenvalue weighted by atomic mass is 16.4. The first-order valence-corrected chi connectivity index (χ1v) is 7.34. The van der Waals surface area contributed by atoms with Crippen molar-refractivity contribution in [3.05, 3.63) is 11.4 Å². The van der Waals surface area contributed by atoms with E-state index in [4.69, 9.17) is 5.11 Å². The van der Waals surface area contributed by atoms with Crippen LogP contribution >= 0.6 is 0 Å². The first kappa shape index (κ1) is 15.5. The molecule has 1 N–H and O–H groups in total. The third-order valence-corrected chi connectivity index (χ3v) is 3.82. The standard InChI is InChI=1S/C14H22N4O3/c1-9(2)13-12(14(20)21)15-16-18(13)8-11(19)17-6-4-5-10(3)7-17/h9-10H,4-8H2,1-3H3,(H,20,21). The summed E-state index contributed by atoms with van der Waals surface area (Å²) in [6, 6.07) is 0. The summed E-state index contributed by atoms with van der Waals surface area (Å²) in [4.78, 5) is 25.3. The number of carboxylic acids is 1. The molecule has 1 aliphatic heterocycles. The van der Waals surface area contributed by atoms with E-state index >= 15 is 0 Å². The van der Waals surface area contributed by atoms with Crippen LogP contribution in [-0.2, 0) is 11.3 Å². The van der Waals surface area contributed by atoms with Crippen LogP contribution in [0, 0.1) is 5.92 Å². The number of aromatic nitrogens is 3. The molecule has 7 nitrogen and oxygen atoms in total. The van der Waals surface area contributed by atoms with Gasteiger partial charge in [0.25, 0.3) is 0 Å². The van der Waals surface area contributed by atoms with Gasteiger partial charge in [-0.25, -0.2) is 9.48 Å². The average Bonchev–Trinajstić information content (AvgIpc) is 2.82. The second-order valence-electron chi connectivity index (χ2n) is 6.03. The Morgan fingerprint density at radius 1 is 1.43 bits per heavy atom. The van der Waals surface area contributed by atoms with Crippen LogP contribution in [0.2, 0.25) is 0 Å². The molecule has 1 unspecified atom stereocenters. The number of hydrogen-bond acceptors (Lipinski definition) is 4. The Morgan fingerprint density at radius 2 is 2.14 bits per heavy atom. The number of carboxylic acid groups (broad SMARTS) is 1. The normalized spacial score (nSPS) is 19.0. The molecule has 0 bridgehead atoms. The molecule has 1 atom stereocenters. The van der Waals surface area contributed by atoms with E-state index in [1.165, 1.54) is 4.68 Å².